The molecule has 156 valence electrons. The van der Waals surface area contributed by atoms with Gasteiger partial charge in [-0.25, -0.2) is 9.38 Å². The molecule has 1 heterocycles. The third-order valence-corrected chi connectivity index (χ3v) is 6.56. The Labute approximate surface area is 179 Å². The minimum Gasteiger partial charge on any atom is -0.326 e. The summed E-state index contributed by atoms with van der Waals surface area (Å²) in [4.78, 5) is 29.0. The lowest BCUT2D eigenvalue weighted by molar-refractivity contribution is -0.122. The lowest BCUT2D eigenvalue weighted by Crippen LogP contribution is -2.28. The standard InChI is InChI=1S/C23H24FN3O2S/c24-17-8-12-18(13-9-17)25-21(28)14-20-22(29)27-23(30-20)26-19-10-6-16(7-11-19)15-4-2-1-3-5-15/h6-13,15,20H,1-5,14H2,(H,25,28)(H,26,27,29)/t20-/m1/s1. The summed E-state index contributed by atoms with van der Waals surface area (Å²) in [6.07, 6.45) is 6.46. The second-order valence-corrected chi connectivity index (χ2v) is 8.89. The van der Waals surface area contributed by atoms with Crippen molar-refractivity contribution in [1.82, 2.24) is 5.32 Å². The molecule has 5 nitrogen and oxygen atoms in total. The zero-order valence-electron chi connectivity index (χ0n) is 16.6. The molecule has 2 fully saturated rings. The summed E-state index contributed by atoms with van der Waals surface area (Å²) in [6, 6.07) is 13.7. The SMILES string of the molecule is O=C(C[C@H]1SC(=Nc2ccc(C3CCCCC3)cc2)NC1=O)Nc1ccc(F)cc1. The van der Waals surface area contributed by atoms with Gasteiger partial charge in [0, 0.05) is 12.1 Å². The van der Waals surface area contributed by atoms with Crippen molar-refractivity contribution in [2.24, 2.45) is 4.99 Å². The van der Waals surface area contributed by atoms with Crippen molar-refractivity contribution < 1.29 is 14.0 Å². The molecule has 2 amide bonds. The van der Waals surface area contributed by atoms with Gasteiger partial charge in [0.05, 0.1) is 5.69 Å². The molecule has 1 atom stereocenters. The van der Waals surface area contributed by atoms with Gasteiger partial charge in [0.15, 0.2) is 5.17 Å². The van der Waals surface area contributed by atoms with Crippen molar-refractivity contribution >= 4 is 40.1 Å². The Balaban J connectivity index is 1.33. The van der Waals surface area contributed by atoms with E-state index in [1.54, 1.807) is 0 Å². The molecule has 0 unspecified atom stereocenters. The van der Waals surface area contributed by atoms with Crippen LogP contribution in [0.25, 0.3) is 0 Å². The van der Waals surface area contributed by atoms with Crippen LogP contribution < -0.4 is 10.6 Å². The van der Waals surface area contributed by atoms with Gasteiger partial charge >= 0.3 is 0 Å². The predicted octanol–water partition coefficient (Wildman–Crippen LogP) is 5.12. The van der Waals surface area contributed by atoms with Crippen LogP contribution in [0.1, 0.15) is 50.0 Å². The first-order chi connectivity index (χ1) is 14.6. The Morgan fingerprint density at radius 3 is 2.47 bits per heavy atom. The van der Waals surface area contributed by atoms with Crippen LogP contribution in [0.3, 0.4) is 0 Å². The molecule has 1 aliphatic heterocycles. The van der Waals surface area contributed by atoms with Crippen LogP contribution in [0.15, 0.2) is 53.5 Å². The summed E-state index contributed by atoms with van der Waals surface area (Å²) >= 11 is 1.26. The Morgan fingerprint density at radius 1 is 1.07 bits per heavy atom. The van der Waals surface area contributed by atoms with Crippen LogP contribution in [0.5, 0.6) is 0 Å². The lowest BCUT2D eigenvalue weighted by atomic mass is 9.84. The smallest absolute Gasteiger partial charge is 0.240 e. The van der Waals surface area contributed by atoms with Gasteiger partial charge in [-0.05, 0) is 60.7 Å². The molecular formula is C23H24FN3O2S. The van der Waals surface area contributed by atoms with Crippen molar-refractivity contribution in [1.29, 1.82) is 0 Å². The average molecular weight is 426 g/mol. The maximum Gasteiger partial charge on any atom is 0.240 e. The van der Waals surface area contributed by atoms with E-state index in [9.17, 15) is 14.0 Å². The van der Waals surface area contributed by atoms with Gasteiger partial charge in [-0.15, -0.1) is 0 Å². The molecule has 0 radical (unpaired) electrons. The van der Waals surface area contributed by atoms with Gasteiger partial charge in [-0.1, -0.05) is 43.2 Å². The zero-order valence-corrected chi connectivity index (χ0v) is 17.4. The van der Waals surface area contributed by atoms with Crippen LogP contribution in [-0.4, -0.2) is 22.2 Å². The van der Waals surface area contributed by atoms with Crippen LogP contribution in [-0.2, 0) is 9.59 Å². The first-order valence-corrected chi connectivity index (χ1v) is 11.2. The number of nitrogens with zero attached hydrogens (tertiary/aromatic N) is 1. The molecule has 2 aromatic rings. The number of carbonyl (C=O) groups is 2. The lowest BCUT2D eigenvalue weighted by Gasteiger charge is -2.21. The fraction of sp³-hybridized carbons (Fsp3) is 0.348. The number of aliphatic imine (C=N–C) groups is 1. The summed E-state index contributed by atoms with van der Waals surface area (Å²) in [6.45, 7) is 0. The molecule has 1 saturated heterocycles. The van der Waals surface area contributed by atoms with E-state index in [0.717, 1.165) is 5.69 Å². The summed E-state index contributed by atoms with van der Waals surface area (Å²) in [5, 5.41) is 5.40. The summed E-state index contributed by atoms with van der Waals surface area (Å²) in [5.74, 6) is -0.254. The second kappa shape index (κ2) is 9.43. The van der Waals surface area contributed by atoms with Crippen LogP contribution in [0.2, 0.25) is 0 Å². The van der Waals surface area contributed by atoms with E-state index in [-0.39, 0.29) is 24.1 Å². The number of amidine groups is 1. The van der Waals surface area contributed by atoms with E-state index in [1.165, 1.54) is 73.7 Å². The van der Waals surface area contributed by atoms with Crippen molar-refractivity contribution in [3.05, 3.63) is 59.9 Å². The van der Waals surface area contributed by atoms with E-state index < -0.39 is 5.25 Å². The Morgan fingerprint density at radius 2 is 1.77 bits per heavy atom. The number of amides is 2. The molecule has 2 aromatic carbocycles. The van der Waals surface area contributed by atoms with Gasteiger partial charge in [0.25, 0.3) is 0 Å². The van der Waals surface area contributed by atoms with Crippen LogP contribution >= 0.6 is 11.8 Å². The predicted molar refractivity (Wildman–Crippen MR) is 119 cm³/mol. The molecule has 2 aliphatic rings. The molecule has 30 heavy (non-hydrogen) atoms. The number of carbonyl (C=O) groups excluding carboxylic acids is 2. The second-order valence-electron chi connectivity index (χ2n) is 7.70. The largest absolute Gasteiger partial charge is 0.326 e. The van der Waals surface area contributed by atoms with Crippen LogP contribution in [0.4, 0.5) is 15.8 Å². The molecule has 1 aliphatic carbocycles. The number of thioether (sulfide) groups is 1. The average Bonchev–Trinajstić information content (AvgIpc) is 3.09. The topological polar surface area (TPSA) is 70.6 Å². The van der Waals surface area contributed by atoms with Gasteiger partial charge in [-0.2, -0.15) is 0 Å². The number of nitrogens with one attached hydrogen (secondary N) is 2. The van der Waals surface area contributed by atoms with Crippen LogP contribution in [0, 0.1) is 5.82 Å². The van der Waals surface area contributed by atoms with E-state index in [4.69, 9.17) is 0 Å². The maximum atomic E-state index is 13.0. The van der Waals surface area contributed by atoms with Gasteiger partial charge < -0.3 is 10.6 Å². The highest BCUT2D eigenvalue weighted by molar-refractivity contribution is 8.15. The molecule has 7 heteroatoms. The fourth-order valence-corrected chi connectivity index (χ4v) is 4.87. The quantitative estimate of drug-likeness (QED) is 0.698. The Kier molecular flexibility index (Phi) is 6.47. The first-order valence-electron chi connectivity index (χ1n) is 10.3. The molecule has 0 bridgehead atoms. The Bertz CT molecular complexity index is 938. The summed E-state index contributed by atoms with van der Waals surface area (Å²) in [5.41, 5.74) is 2.64. The first kappa shape index (κ1) is 20.6. The maximum absolute atomic E-state index is 13.0. The third-order valence-electron chi connectivity index (χ3n) is 5.48. The molecular weight excluding hydrogens is 401 g/mol. The highest BCUT2D eigenvalue weighted by atomic mass is 32.2. The minimum atomic E-state index is -0.536. The zero-order chi connectivity index (χ0) is 20.9. The molecule has 2 N–H and O–H groups in total. The van der Waals surface area contributed by atoms with Crippen molar-refractivity contribution in [2.75, 3.05) is 5.32 Å². The van der Waals surface area contributed by atoms with E-state index in [1.807, 2.05) is 12.1 Å². The van der Waals surface area contributed by atoms with Gasteiger partial charge in [-0.3, -0.25) is 9.59 Å². The number of hydrogen-bond acceptors (Lipinski definition) is 4. The number of rotatable bonds is 5. The molecule has 4 rings (SSSR count). The van der Waals surface area contributed by atoms with Crippen molar-refractivity contribution in [3.63, 3.8) is 0 Å². The minimum absolute atomic E-state index is 0.0213. The van der Waals surface area contributed by atoms with Gasteiger partial charge in [0.2, 0.25) is 11.8 Å². The fourth-order valence-electron chi connectivity index (χ4n) is 3.88. The highest BCUT2D eigenvalue weighted by Crippen LogP contribution is 2.33. The van der Waals surface area contributed by atoms with E-state index in [2.05, 4.69) is 27.8 Å². The third kappa shape index (κ3) is 5.27. The summed E-state index contributed by atoms with van der Waals surface area (Å²) in [7, 11) is 0. The number of benzene rings is 2. The van der Waals surface area contributed by atoms with Crippen molar-refractivity contribution in [3.8, 4) is 0 Å². The van der Waals surface area contributed by atoms with E-state index >= 15 is 0 Å². The molecule has 0 spiro atoms. The monoisotopic (exact) mass is 425 g/mol. The number of hydrogen-bond donors (Lipinski definition) is 2. The normalized spacial score (nSPS) is 20.9. The number of halogens is 1. The Hall–Kier alpha value is -2.67. The highest BCUT2D eigenvalue weighted by Gasteiger charge is 2.32. The van der Waals surface area contributed by atoms with Gasteiger partial charge in [0.1, 0.15) is 11.1 Å². The van der Waals surface area contributed by atoms with E-state index in [0.29, 0.717) is 16.8 Å². The molecule has 1 saturated carbocycles. The van der Waals surface area contributed by atoms with Crippen molar-refractivity contribution in [2.45, 2.75) is 49.7 Å². The summed E-state index contributed by atoms with van der Waals surface area (Å²) < 4.78 is 13.0. The molecule has 0 aromatic heterocycles. The number of anilines is 1.